The number of aromatic nitrogens is 5. The molecule has 3 fully saturated rings. The lowest BCUT2D eigenvalue weighted by Gasteiger charge is -2.36. The number of rotatable bonds is 14. The number of carbonyl (C=O) groups excluding carboxylic acids is 5. The number of tetrazole rings is 1. The standard InChI is InChI=1S/C37H50N10O7/c1-4-5-20-53-37(52)46-18-16-45(17-19-46)36(51)27(13-14-32-41-43-44(3)42-32)40-34(49)29-22-31(26-12-11-24(2)21-28(26)39-29)54-23-33(48)47-15-7-10-30(47)35(50)38-25-8-6-9-25/h11-12,21-22,25,27,30H,4-10,13-20,23H2,1-3H3,(H,38,50)(H,40,49). The number of fused-ring (bicyclic) bond motifs is 1. The van der Waals surface area contributed by atoms with Gasteiger partial charge in [0, 0.05) is 56.6 Å². The first-order valence-electron chi connectivity index (χ1n) is 19.0. The summed E-state index contributed by atoms with van der Waals surface area (Å²) in [6.45, 7) is 5.56. The van der Waals surface area contributed by atoms with Crippen molar-refractivity contribution < 1.29 is 33.4 Å². The van der Waals surface area contributed by atoms with E-state index in [4.69, 9.17) is 9.47 Å². The van der Waals surface area contributed by atoms with Gasteiger partial charge in [0.1, 0.15) is 23.5 Å². The fourth-order valence-electron chi connectivity index (χ4n) is 6.86. The highest BCUT2D eigenvalue weighted by atomic mass is 16.6. The molecule has 2 aromatic heterocycles. The van der Waals surface area contributed by atoms with E-state index in [2.05, 4.69) is 31.0 Å². The zero-order valence-corrected chi connectivity index (χ0v) is 31.3. The Morgan fingerprint density at radius 1 is 0.981 bits per heavy atom. The topological polar surface area (TPSA) is 194 Å². The molecule has 5 amide bonds. The van der Waals surface area contributed by atoms with Crippen LogP contribution in [0.4, 0.5) is 4.79 Å². The van der Waals surface area contributed by atoms with Crippen LogP contribution in [0.1, 0.15) is 80.2 Å². The van der Waals surface area contributed by atoms with E-state index in [1.807, 2.05) is 32.0 Å². The highest BCUT2D eigenvalue weighted by molar-refractivity contribution is 5.99. The second-order valence-corrected chi connectivity index (χ2v) is 14.2. The van der Waals surface area contributed by atoms with Crippen LogP contribution in [0.25, 0.3) is 10.9 Å². The summed E-state index contributed by atoms with van der Waals surface area (Å²) < 4.78 is 11.4. The van der Waals surface area contributed by atoms with Crippen LogP contribution in [0, 0.1) is 6.92 Å². The number of ether oxygens (including phenoxy) is 2. The maximum absolute atomic E-state index is 14.0. The van der Waals surface area contributed by atoms with E-state index in [0.29, 0.717) is 49.4 Å². The summed E-state index contributed by atoms with van der Waals surface area (Å²) in [5.41, 5.74) is 1.40. The van der Waals surface area contributed by atoms with Crippen molar-refractivity contribution in [3.05, 3.63) is 41.3 Å². The van der Waals surface area contributed by atoms with E-state index in [1.165, 1.54) is 10.9 Å². The van der Waals surface area contributed by atoms with Crippen molar-refractivity contribution in [3.8, 4) is 5.75 Å². The lowest BCUT2D eigenvalue weighted by molar-refractivity contribution is -0.140. The number of aryl methyl sites for hydroxylation is 3. The van der Waals surface area contributed by atoms with Gasteiger partial charge in [-0.3, -0.25) is 19.2 Å². The maximum Gasteiger partial charge on any atom is 0.409 e. The van der Waals surface area contributed by atoms with Crippen molar-refractivity contribution in [2.24, 2.45) is 7.05 Å². The van der Waals surface area contributed by atoms with Crippen LogP contribution in [-0.2, 0) is 32.6 Å². The van der Waals surface area contributed by atoms with Gasteiger partial charge in [-0.25, -0.2) is 9.78 Å². The normalized spacial score (nSPS) is 17.9. The summed E-state index contributed by atoms with van der Waals surface area (Å²) in [4.78, 5) is 77.5. The lowest BCUT2D eigenvalue weighted by atomic mass is 9.93. The van der Waals surface area contributed by atoms with Gasteiger partial charge in [-0.1, -0.05) is 19.4 Å². The Bertz CT molecular complexity index is 1840. The number of unbranched alkanes of at least 4 members (excludes halogenated alkanes) is 1. The smallest absolute Gasteiger partial charge is 0.409 e. The summed E-state index contributed by atoms with van der Waals surface area (Å²) in [6.07, 6.45) is 6.09. The summed E-state index contributed by atoms with van der Waals surface area (Å²) in [5, 5.41) is 18.7. The van der Waals surface area contributed by atoms with E-state index in [9.17, 15) is 24.0 Å². The molecule has 17 nitrogen and oxygen atoms in total. The molecular weight excluding hydrogens is 696 g/mol. The highest BCUT2D eigenvalue weighted by Crippen LogP contribution is 2.28. The van der Waals surface area contributed by atoms with Crippen LogP contribution < -0.4 is 15.4 Å². The van der Waals surface area contributed by atoms with Gasteiger partial charge in [-0.05, 0) is 74.8 Å². The first-order valence-corrected chi connectivity index (χ1v) is 19.0. The number of amides is 5. The third-order valence-corrected chi connectivity index (χ3v) is 10.2. The molecular formula is C37H50N10O7. The summed E-state index contributed by atoms with van der Waals surface area (Å²) in [6, 6.07) is 5.68. The van der Waals surface area contributed by atoms with Gasteiger partial charge in [0.2, 0.25) is 11.8 Å². The minimum atomic E-state index is -0.969. The number of nitrogens with one attached hydrogen (secondary N) is 2. The zero-order chi connectivity index (χ0) is 38.2. The molecule has 2 unspecified atom stereocenters. The molecule has 290 valence electrons. The largest absolute Gasteiger partial charge is 0.483 e. The second-order valence-electron chi connectivity index (χ2n) is 14.2. The van der Waals surface area contributed by atoms with Crippen LogP contribution in [-0.4, -0.2) is 134 Å². The molecule has 0 radical (unpaired) electrons. The van der Waals surface area contributed by atoms with Crippen molar-refractivity contribution in [2.45, 2.75) is 89.8 Å². The Balaban J connectivity index is 1.16. The lowest BCUT2D eigenvalue weighted by Crippen LogP contribution is -2.56. The Labute approximate surface area is 314 Å². The summed E-state index contributed by atoms with van der Waals surface area (Å²) in [5.74, 6) is -0.662. The Morgan fingerprint density at radius 3 is 2.46 bits per heavy atom. The molecule has 0 spiro atoms. The molecule has 1 aromatic carbocycles. The van der Waals surface area contributed by atoms with Crippen molar-refractivity contribution >= 4 is 40.6 Å². The number of pyridine rings is 1. The predicted octanol–water partition coefficient (Wildman–Crippen LogP) is 1.92. The molecule has 3 aliphatic rings. The van der Waals surface area contributed by atoms with Crippen molar-refractivity contribution in [1.29, 1.82) is 0 Å². The second kappa shape index (κ2) is 17.6. The predicted molar refractivity (Wildman–Crippen MR) is 195 cm³/mol. The number of carbonyl (C=O) groups is 5. The number of nitrogens with zero attached hydrogens (tertiary/aromatic N) is 8. The number of hydrogen-bond donors (Lipinski definition) is 2. The molecule has 2 aliphatic heterocycles. The Hall–Kier alpha value is -5.35. The highest BCUT2D eigenvalue weighted by Gasteiger charge is 2.36. The monoisotopic (exact) mass is 746 g/mol. The fraction of sp³-hybridized carbons (Fsp3) is 0.595. The Morgan fingerprint density at radius 2 is 1.76 bits per heavy atom. The first-order chi connectivity index (χ1) is 26.1. The van der Waals surface area contributed by atoms with Gasteiger partial charge < -0.3 is 34.8 Å². The molecule has 4 heterocycles. The molecule has 54 heavy (non-hydrogen) atoms. The Kier molecular flexibility index (Phi) is 12.5. The van der Waals surface area contributed by atoms with Gasteiger partial charge >= 0.3 is 6.09 Å². The van der Waals surface area contributed by atoms with Crippen molar-refractivity contribution in [3.63, 3.8) is 0 Å². The molecule has 2 atom stereocenters. The third kappa shape index (κ3) is 9.41. The van der Waals surface area contributed by atoms with Gasteiger partial charge in [0.25, 0.3) is 11.8 Å². The van der Waals surface area contributed by atoms with E-state index < -0.39 is 24.1 Å². The molecule has 1 aliphatic carbocycles. The maximum atomic E-state index is 14.0. The number of likely N-dealkylation sites (tertiary alicyclic amines) is 1. The molecule has 2 saturated heterocycles. The molecule has 2 N–H and O–H groups in total. The third-order valence-electron chi connectivity index (χ3n) is 10.2. The summed E-state index contributed by atoms with van der Waals surface area (Å²) in [7, 11) is 1.64. The number of piperazine rings is 1. The van der Waals surface area contributed by atoms with Crippen molar-refractivity contribution in [2.75, 3.05) is 45.9 Å². The van der Waals surface area contributed by atoms with Gasteiger partial charge in [-0.15, -0.1) is 10.2 Å². The van der Waals surface area contributed by atoms with E-state index in [0.717, 1.165) is 44.1 Å². The van der Waals surface area contributed by atoms with E-state index >= 15 is 0 Å². The molecule has 6 rings (SSSR count). The van der Waals surface area contributed by atoms with Crippen molar-refractivity contribution in [1.82, 2.24) is 50.5 Å². The molecule has 0 bridgehead atoms. The molecule has 3 aromatic rings. The van der Waals surface area contributed by atoms with Crippen LogP contribution in [0.2, 0.25) is 0 Å². The summed E-state index contributed by atoms with van der Waals surface area (Å²) >= 11 is 0. The van der Waals surface area contributed by atoms with Gasteiger partial charge in [0.05, 0.1) is 19.2 Å². The van der Waals surface area contributed by atoms with E-state index in [-0.39, 0.29) is 67.7 Å². The van der Waals surface area contributed by atoms with Crippen LogP contribution in [0.5, 0.6) is 5.75 Å². The fourth-order valence-corrected chi connectivity index (χ4v) is 6.86. The molecule has 1 saturated carbocycles. The average molecular weight is 747 g/mol. The van der Waals surface area contributed by atoms with Crippen LogP contribution in [0.15, 0.2) is 24.3 Å². The van der Waals surface area contributed by atoms with Gasteiger partial charge in [-0.2, -0.15) is 4.80 Å². The number of hydrogen-bond acceptors (Lipinski definition) is 11. The minimum absolute atomic E-state index is 0.00421. The van der Waals surface area contributed by atoms with Crippen LogP contribution in [0.3, 0.4) is 0 Å². The van der Waals surface area contributed by atoms with E-state index in [1.54, 1.807) is 21.7 Å². The SMILES string of the molecule is CCCCOC(=O)N1CCN(C(=O)C(CCc2nnn(C)n2)NC(=O)c2cc(OCC(=O)N3CCCC3C(=O)NC3CCC3)c3ccc(C)cc3n2)CC1. The van der Waals surface area contributed by atoms with Crippen LogP contribution >= 0.6 is 0 Å². The number of benzene rings is 1. The minimum Gasteiger partial charge on any atom is -0.483 e. The molecule has 17 heteroatoms. The quantitative estimate of drug-likeness (QED) is 0.229. The average Bonchev–Trinajstić information content (AvgIpc) is 3.82. The zero-order valence-electron chi connectivity index (χ0n) is 31.3. The first kappa shape index (κ1) is 38.4. The van der Waals surface area contributed by atoms with Gasteiger partial charge in [0.15, 0.2) is 12.4 Å².